The number of nitrogens with one attached hydrogen (secondary N) is 1. The Hall–Kier alpha value is -0.570. The van der Waals surface area contributed by atoms with Crippen molar-refractivity contribution >= 4 is 5.84 Å². The van der Waals surface area contributed by atoms with E-state index in [0.717, 1.165) is 11.8 Å². The molecule has 0 amide bonds. The second-order valence-electron chi connectivity index (χ2n) is 4.61. The van der Waals surface area contributed by atoms with Crippen molar-refractivity contribution in [1.29, 1.82) is 5.41 Å². The lowest BCUT2D eigenvalue weighted by Crippen LogP contribution is -2.36. The number of nitrogens with zero attached hydrogens (tertiary/aromatic N) is 1. The van der Waals surface area contributed by atoms with Crippen LogP contribution in [0.3, 0.4) is 0 Å². The maximum Gasteiger partial charge on any atom is 0.105 e. The zero-order valence-corrected chi connectivity index (χ0v) is 8.13. The molecule has 0 spiro atoms. The van der Waals surface area contributed by atoms with Crippen molar-refractivity contribution in [2.45, 2.75) is 25.7 Å². The van der Waals surface area contributed by atoms with Crippen molar-refractivity contribution in [3.8, 4) is 0 Å². The van der Waals surface area contributed by atoms with E-state index >= 15 is 0 Å². The fourth-order valence-electron chi connectivity index (χ4n) is 1.78. The van der Waals surface area contributed by atoms with Crippen molar-refractivity contribution in [1.82, 2.24) is 4.90 Å². The molecule has 0 bridgehead atoms. The molecule has 74 valence electrons. The SMILES string of the molecule is N=C(N)CN(CC1CC1)CC1CC1. The van der Waals surface area contributed by atoms with E-state index in [0.29, 0.717) is 12.4 Å². The van der Waals surface area contributed by atoms with E-state index < -0.39 is 0 Å². The van der Waals surface area contributed by atoms with Crippen LogP contribution in [0.2, 0.25) is 0 Å². The summed E-state index contributed by atoms with van der Waals surface area (Å²) in [5.41, 5.74) is 5.43. The Morgan fingerprint density at radius 3 is 1.92 bits per heavy atom. The minimum atomic E-state index is 0.321. The summed E-state index contributed by atoms with van der Waals surface area (Å²) >= 11 is 0. The van der Waals surface area contributed by atoms with E-state index in [2.05, 4.69) is 4.90 Å². The Kier molecular flexibility index (Phi) is 2.54. The van der Waals surface area contributed by atoms with Gasteiger partial charge in [-0.3, -0.25) is 10.3 Å². The quantitative estimate of drug-likeness (QED) is 0.475. The lowest BCUT2D eigenvalue weighted by atomic mass is 10.3. The van der Waals surface area contributed by atoms with E-state index in [1.54, 1.807) is 0 Å². The molecular weight excluding hydrogens is 162 g/mol. The van der Waals surface area contributed by atoms with Crippen molar-refractivity contribution in [3.63, 3.8) is 0 Å². The molecule has 0 aliphatic heterocycles. The minimum absolute atomic E-state index is 0.321. The number of nitrogens with two attached hydrogens (primary N) is 1. The third-order valence-electron chi connectivity index (χ3n) is 2.82. The maximum atomic E-state index is 7.29. The molecule has 13 heavy (non-hydrogen) atoms. The molecule has 0 aromatic rings. The third kappa shape index (κ3) is 3.35. The van der Waals surface area contributed by atoms with Gasteiger partial charge in [-0.15, -0.1) is 0 Å². The van der Waals surface area contributed by atoms with E-state index in [1.807, 2.05) is 0 Å². The van der Waals surface area contributed by atoms with Crippen molar-refractivity contribution in [2.24, 2.45) is 17.6 Å². The van der Waals surface area contributed by atoms with Crippen LogP contribution in [0.5, 0.6) is 0 Å². The van der Waals surface area contributed by atoms with Gasteiger partial charge in [0.15, 0.2) is 0 Å². The van der Waals surface area contributed by atoms with Gasteiger partial charge in [0.2, 0.25) is 0 Å². The molecule has 2 aliphatic rings. The molecule has 3 heteroatoms. The molecule has 2 saturated carbocycles. The van der Waals surface area contributed by atoms with Gasteiger partial charge in [0.25, 0.3) is 0 Å². The molecule has 2 fully saturated rings. The van der Waals surface area contributed by atoms with Gasteiger partial charge in [-0.25, -0.2) is 0 Å². The highest BCUT2D eigenvalue weighted by Crippen LogP contribution is 2.33. The second-order valence-corrected chi connectivity index (χ2v) is 4.61. The lowest BCUT2D eigenvalue weighted by Gasteiger charge is -2.20. The van der Waals surface area contributed by atoms with Crippen molar-refractivity contribution in [3.05, 3.63) is 0 Å². The third-order valence-corrected chi connectivity index (χ3v) is 2.82. The van der Waals surface area contributed by atoms with Gasteiger partial charge in [0.05, 0.1) is 6.54 Å². The molecule has 0 saturated heterocycles. The second kappa shape index (κ2) is 3.66. The monoisotopic (exact) mass is 181 g/mol. The molecule has 3 N–H and O–H groups in total. The predicted octanol–water partition coefficient (Wildman–Crippen LogP) is 1.04. The van der Waals surface area contributed by atoms with Crippen molar-refractivity contribution < 1.29 is 0 Å². The van der Waals surface area contributed by atoms with Gasteiger partial charge in [-0.2, -0.15) is 0 Å². The first-order valence-electron chi connectivity index (χ1n) is 5.29. The maximum absolute atomic E-state index is 7.29. The zero-order chi connectivity index (χ0) is 9.26. The highest BCUT2D eigenvalue weighted by Gasteiger charge is 2.29. The number of rotatable bonds is 6. The topological polar surface area (TPSA) is 53.1 Å². The van der Waals surface area contributed by atoms with Crippen molar-refractivity contribution in [2.75, 3.05) is 19.6 Å². The summed E-state index contributed by atoms with van der Waals surface area (Å²) in [6, 6.07) is 0. The average molecular weight is 181 g/mol. The molecule has 0 aromatic heterocycles. The molecule has 2 rings (SSSR count). The van der Waals surface area contributed by atoms with Gasteiger partial charge in [0, 0.05) is 13.1 Å². The molecule has 3 nitrogen and oxygen atoms in total. The predicted molar refractivity (Wildman–Crippen MR) is 53.8 cm³/mol. The van der Waals surface area contributed by atoms with Gasteiger partial charge >= 0.3 is 0 Å². The Morgan fingerprint density at radius 1 is 1.15 bits per heavy atom. The van der Waals surface area contributed by atoms with Crippen LogP contribution in [0, 0.1) is 17.2 Å². The Balaban J connectivity index is 1.73. The van der Waals surface area contributed by atoms with E-state index in [9.17, 15) is 0 Å². The van der Waals surface area contributed by atoms with Gasteiger partial charge in [-0.1, -0.05) is 0 Å². The fraction of sp³-hybridized carbons (Fsp3) is 0.900. The summed E-state index contributed by atoms with van der Waals surface area (Å²) in [7, 11) is 0. The number of hydrogen-bond donors (Lipinski definition) is 2. The standard InChI is InChI=1S/C10H19N3/c11-10(12)7-13(5-8-1-2-8)6-9-3-4-9/h8-9H,1-7H2,(H3,11,12). The number of amidine groups is 1. The van der Waals surface area contributed by atoms with Crippen LogP contribution >= 0.6 is 0 Å². The van der Waals surface area contributed by atoms with Crippen LogP contribution < -0.4 is 5.73 Å². The summed E-state index contributed by atoms with van der Waals surface area (Å²) in [5, 5.41) is 7.29. The molecule has 0 aromatic carbocycles. The normalized spacial score (nSPS) is 22.2. The van der Waals surface area contributed by atoms with Gasteiger partial charge in [0.1, 0.15) is 5.84 Å². The smallest absolute Gasteiger partial charge is 0.105 e. The van der Waals surface area contributed by atoms with Crippen LogP contribution in [0.4, 0.5) is 0 Å². The highest BCUT2D eigenvalue weighted by atomic mass is 15.1. The molecule has 2 aliphatic carbocycles. The lowest BCUT2D eigenvalue weighted by molar-refractivity contribution is 0.285. The van der Waals surface area contributed by atoms with Crippen LogP contribution in [0.25, 0.3) is 0 Å². The first-order chi connectivity index (χ1) is 6.24. The minimum Gasteiger partial charge on any atom is -0.387 e. The Morgan fingerprint density at radius 2 is 1.62 bits per heavy atom. The molecule has 0 heterocycles. The summed E-state index contributed by atoms with van der Waals surface area (Å²) in [6.07, 6.45) is 5.55. The first-order valence-corrected chi connectivity index (χ1v) is 5.29. The molecular formula is C10H19N3. The van der Waals surface area contributed by atoms with Gasteiger partial charge < -0.3 is 5.73 Å². The van der Waals surface area contributed by atoms with E-state index in [1.165, 1.54) is 38.8 Å². The molecule has 0 radical (unpaired) electrons. The Labute approximate surface area is 79.8 Å². The summed E-state index contributed by atoms with van der Waals surface area (Å²) in [5.74, 6) is 2.15. The number of hydrogen-bond acceptors (Lipinski definition) is 2. The molecule has 0 unspecified atom stereocenters. The fourth-order valence-corrected chi connectivity index (χ4v) is 1.78. The van der Waals surface area contributed by atoms with Crippen LogP contribution in [0.1, 0.15) is 25.7 Å². The van der Waals surface area contributed by atoms with Crippen LogP contribution in [0.15, 0.2) is 0 Å². The average Bonchev–Trinajstić information content (AvgIpc) is 2.79. The summed E-state index contributed by atoms with van der Waals surface area (Å²) in [6.45, 7) is 3.04. The largest absolute Gasteiger partial charge is 0.387 e. The first kappa shape index (κ1) is 9.00. The zero-order valence-electron chi connectivity index (χ0n) is 8.13. The molecule has 0 atom stereocenters. The van der Waals surface area contributed by atoms with E-state index in [4.69, 9.17) is 11.1 Å². The summed E-state index contributed by atoms with van der Waals surface area (Å²) in [4.78, 5) is 2.37. The van der Waals surface area contributed by atoms with Gasteiger partial charge in [-0.05, 0) is 37.5 Å². The van der Waals surface area contributed by atoms with Crippen LogP contribution in [-0.4, -0.2) is 30.4 Å². The summed E-state index contributed by atoms with van der Waals surface area (Å²) < 4.78 is 0. The van der Waals surface area contributed by atoms with Crippen LogP contribution in [-0.2, 0) is 0 Å². The highest BCUT2D eigenvalue weighted by molar-refractivity contribution is 5.78. The van der Waals surface area contributed by atoms with E-state index in [-0.39, 0.29) is 0 Å². The Bertz CT molecular complexity index is 180.